The number of amides is 1. The molecule has 1 amide bonds. The van der Waals surface area contributed by atoms with Gasteiger partial charge in [-0.15, -0.1) is 5.10 Å². The molecule has 0 radical (unpaired) electrons. The van der Waals surface area contributed by atoms with Crippen LogP contribution in [0, 0.1) is 5.92 Å². The smallest absolute Gasteiger partial charge is 0.223 e. The number of hydrogen-bond acceptors (Lipinski definition) is 5. The van der Waals surface area contributed by atoms with Gasteiger partial charge in [-0.1, -0.05) is 72.6 Å². The van der Waals surface area contributed by atoms with Crippen LogP contribution in [0.5, 0.6) is 0 Å². The first-order chi connectivity index (χ1) is 19.0. The zero-order valence-electron chi connectivity index (χ0n) is 22.0. The van der Waals surface area contributed by atoms with Crippen molar-refractivity contribution in [2.75, 3.05) is 0 Å². The third-order valence-corrected chi connectivity index (χ3v) is 7.89. The van der Waals surface area contributed by atoms with Gasteiger partial charge in [0.1, 0.15) is 6.33 Å². The Balaban J connectivity index is 1.16. The third-order valence-electron chi connectivity index (χ3n) is 7.65. The number of carbonyl (C=O) groups is 2. The maximum absolute atomic E-state index is 13.2. The summed E-state index contributed by atoms with van der Waals surface area (Å²) < 4.78 is 1.55. The molecule has 1 heterocycles. The summed E-state index contributed by atoms with van der Waals surface area (Å²) in [4.78, 5) is 26.1. The molecule has 0 spiro atoms. The van der Waals surface area contributed by atoms with Crippen LogP contribution in [0.3, 0.4) is 0 Å². The van der Waals surface area contributed by atoms with E-state index in [0.29, 0.717) is 17.4 Å². The molecule has 1 aliphatic rings. The molecule has 0 bridgehead atoms. The van der Waals surface area contributed by atoms with Crippen LogP contribution in [-0.4, -0.2) is 37.9 Å². The van der Waals surface area contributed by atoms with Crippen LogP contribution < -0.4 is 5.32 Å². The Morgan fingerprint density at radius 3 is 2.54 bits per heavy atom. The Labute approximate surface area is 233 Å². The summed E-state index contributed by atoms with van der Waals surface area (Å²) in [5.74, 6) is 0.207. The summed E-state index contributed by atoms with van der Waals surface area (Å²) in [6.45, 7) is 1.77. The molecular weight excluding hydrogens is 510 g/mol. The fraction of sp³-hybridized carbons (Fsp3) is 0.323. The van der Waals surface area contributed by atoms with Crippen molar-refractivity contribution in [1.82, 2.24) is 25.5 Å². The van der Waals surface area contributed by atoms with E-state index in [-0.39, 0.29) is 24.0 Å². The van der Waals surface area contributed by atoms with E-state index in [2.05, 4.69) is 57.2 Å². The predicted octanol–water partition coefficient (Wildman–Crippen LogP) is 5.96. The van der Waals surface area contributed by atoms with Gasteiger partial charge in [-0.2, -0.15) is 0 Å². The highest BCUT2D eigenvalue weighted by molar-refractivity contribution is 6.30. The average molecular weight is 542 g/mol. The van der Waals surface area contributed by atoms with Gasteiger partial charge in [0.15, 0.2) is 5.78 Å². The number of ketones is 1. The van der Waals surface area contributed by atoms with Crippen molar-refractivity contribution in [3.8, 4) is 16.8 Å². The van der Waals surface area contributed by atoms with Crippen LogP contribution in [0.1, 0.15) is 56.1 Å². The first-order valence-electron chi connectivity index (χ1n) is 13.5. The fourth-order valence-corrected chi connectivity index (χ4v) is 5.64. The van der Waals surface area contributed by atoms with E-state index in [0.717, 1.165) is 36.9 Å². The van der Waals surface area contributed by atoms with Gasteiger partial charge in [-0.3, -0.25) is 9.59 Å². The summed E-state index contributed by atoms with van der Waals surface area (Å²) in [6.07, 6.45) is 5.98. The van der Waals surface area contributed by atoms with Crippen LogP contribution in [0.25, 0.3) is 16.8 Å². The van der Waals surface area contributed by atoms with Crippen molar-refractivity contribution in [1.29, 1.82) is 0 Å². The Kier molecular flexibility index (Phi) is 8.47. The number of aryl methyl sites for hydroxylation is 1. The molecule has 39 heavy (non-hydrogen) atoms. The Morgan fingerprint density at radius 2 is 1.79 bits per heavy atom. The van der Waals surface area contributed by atoms with E-state index in [9.17, 15) is 9.59 Å². The van der Waals surface area contributed by atoms with Crippen LogP contribution >= 0.6 is 11.6 Å². The monoisotopic (exact) mass is 541 g/mol. The predicted molar refractivity (Wildman–Crippen MR) is 152 cm³/mol. The van der Waals surface area contributed by atoms with Gasteiger partial charge in [0.2, 0.25) is 5.91 Å². The number of halogens is 1. The second-order valence-corrected chi connectivity index (χ2v) is 10.7. The SMILES string of the molecule is C[C@H](NC(=O)C1CCC[C@H](c2ccc(-c3ccccc3)cc2)C1)C(=O)CCc1cc(Cl)ccc1-n1cnnn1. The number of carbonyl (C=O) groups excluding carboxylic acids is 2. The summed E-state index contributed by atoms with van der Waals surface area (Å²) in [5.41, 5.74) is 5.32. The van der Waals surface area contributed by atoms with Crippen molar-refractivity contribution >= 4 is 23.3 Å². The van der Waals surface area contributed by atoms with Crippen LogP contribution in [0.4, 0.5) is 0 Å². The molecule has 3 aromatic carbocycles. The van der Waals surface area contributed by atoms with Gasteiger partial charge >= 0.3 is 0 Å². The van der Waals surface area contributed by atoms with Gasteiger partial charge in [0.05, 0.1) is 11.7 Å². The van der Waals surface area contributed by atoms with Gasteiger partial charge in [0.25, 0.3) is 0 Å². The minimum atomic E-state index is -0.557. The Bertz CT molecular complexity index is 1410. The number of rotatable bonds is 9. The fourth-order valence-electron chi connectivity index (χ4n) is 5.44. The first kappa shape index (κ1) is 26.8. The number of Topliss-reactive ketones (excluding diaryl/α,β-unsaturated/α-hetero) is 1. The normalized spacial score (nSPS) is 17.9. The molecule has 4 aromatic rings. The lowest BCUT2D eigenvalue weighted by Gasteiger charge is -2.29. The zero-order valence-corrected chi connectivity index (χ0v) is 22.7. The third kappa shape index (κ3) is 6.60. The molecule has 1 aliphatic carbocycles. The quantitative estimate of drug-likeness (QED) is 0.282. The lowest BCUT2D eigenvalue weighted by atomic mass is 9.77. The number of nitrogens with zero attached hydrogens (tertiary/aromatic N) is 4. The number of nitrogens with one attached hydrogen (secondary N) is 1. The van der Waals surface area contributed by atoms with Crippen LogP contribution in [-0.2, 0) is 16.0 Å². The van der Waals surface area contributed by atoms with Gasteiger partial charge in [-0.05, 0) is 89.4 Å². The molecule has 1 fully saturated rings. The topological polar surface area (TPSA) is 89.8 Å². The lowest BCUT2D eigenvalue weighted by Crippen LogP contribution is -2.42. The lowest BCUT2D eigenvalue weighted by molar-refractivity contribution is -0.130. The average Bonchev–Trinajstić information content (AvgIpc) is 3.51. The second kappa shape index (κ2) is 12.3. The van der Waals surface area contributed by atoms with Crippen molar-refractivity contribution in [3.05, 3.63) is 95.3 Å². The maximum atomic E-state index is 13.2. The van der Waals surface area contributed by atoms with E-state index >= 15 is 0 Å². The first-order valence-corrected chi connectivity index (χ1v) is 13.9. The summed E-state index contributed by atoms with van der Waals surface area (Å²) in [7, 11) is 0. The summed E-state index contributed by atoms with van der Waals surface area (Å²) >= 11 is 6.20. The molecular formula is C31H32ClN5O2. The molecule has 5 rings (SSSR count). The number of hydrogen-bond donors (Lipinski definition) is 1. The molecule has 0 aliphatic heterocycles. The van der Waals surface area contributed by atoms with Gasteiger partial charge < -0.3 is 5.32 Å². The standard InChI is InChI=1S/C31H32ClN5O2/c1-21(30(38)17-14-26-19-28(32)15-16-29(26)37-20-33-35-36-37)34-31(39)27-9-5-8-25(18-27)24-12-10-23(11-13-24)22-6-3-2-4-7-22/h2-4,6-7,10-13,15-16,19-21,25,27H,5,8-9,14,17-18H2,1H3,(H,34,39)/t21-,25-,27?/m0/s1. The van der Waals surface area contributed by atoms with E-state index in [1.807, 2.05) is 30.3 Å². The van der Waals surface area contributed by atoms with Gasteiger partial charge in [0, 0.05) is 17.4 Å². The molecule has 0 saturated heterocycles. The summed E-state index contributed by atoms with van der Waals surface area (Å²) in [6, 6.07) is 23.9. The van der Waals surface area contributed by atoms with E-state index in [1.54, 1.807) is 17.7 Å². The minimum Gasteiger partial charge on any atom is -0.346 e. The van der Waals surface area contributed by atoms with Crippen molar-refractivity contribution < 1.29 is 9.59 Å². The van der Waals surface area contributed by atoms with Crippen LogP contribution in [0.2, 0.25) is 5.02 Å². The minimum absolute atomic E-state index is 0.0187. The highest BCUT2D eigenvalue weighted by Gasteiger charge is 2.29. The molecule has 7 nitrogen and oxygen atoms in total. The zero-order chi connectivity index (χ0) is 27.2. The highest BCUT2D eigenvalue weighted by Crippen LogP contribution is 2.37. The number of tetrazole rings is 1. The highest BCUT2D eigenvalue weighted by atomic mass is 35.5. The molecule has 1 saturated carbocycles. The van der Waals surface area contributed by atoms with Crippen molar-refractivity contribution in [2.24, 2.45) is 5.92 Å². The molecule has 200 valence electrons. The largest absolute Gasteiger partial charge is 0.346 e. The molecule has 3 atom stereocenters. The number of benzene rings is 3. The van der Waals surface area contributed by atoms with E-state index in [1.165, 1.54) is 23.0 Å². The van der Waals surface area contributed by atoms with Crippen LogP contribution in [0.15, 0.2) is 79.1 Å². The van der Waals surface area contributed by atoms with Crippen molar-refractivity contribution in [3.63, 3.8) is 0 Å². The Morgan fingerprint density at radius 1 is 1.03 bits per heavy atom. The second-order valence-electron chi connectivity index (χ2n) is 10.3. The van der Waals surface area contributed by atoms with E-state index in [4.69, 9.17) is 11.6 Å². The van der Waals surface area contributed by atoms with E-state index < -0.39 is 6.04 Å². The Hall–Kier alpha value is -3.84. The molecule has 1 N–H and O–H groups in total. The summed E-state index contributed by atoms with van der Waals surface area (Å²) in [5, 5.41) is 14.9. The van der Waals surface area contributed by atoms with Crippen molar-refractivity contribution in [2.45, 2.75) is 57.4 Å². The maximum Gasteiger partial charge on any atom is 0.223 e. The molecule has 1 unspecified atom stereocenters. The number of aromatic nitrogens is 4. The molecule has 1 aromatic heterocycles. The molecule has 8 heteroatoms. The van der Waals surface area contributed by atoms with Gasteiger partial charge in [-0.25, -0.2) is 4.68 Å².